The molecule has 1 aromatic heterocycles. The first-order valence-electron chi connectivity index (χ1n) is 6.85. The van der Waals surface area contributed by atoms with E-state index in [0.717, 1.165) is 6.42 Å². The summed E-state index contributed by atoms with van der Waals surface area (Å²) in [5, 5.41) is 11.7. The number of fused-ring (bicyclic) bond motifs is 1. The minimum Gasteiger partial charge on any atom is -0.396 e. The molecule has 0 saturated carbocycles. The van der Waals surface area contributed by atoms with Crippen LogP contribution in [0.3, 0.4) is 0 Å². The average molecular weight is 311 g/mol. The average Bonchev–Trinajstić information content (AvgIpc) is 2.82. The van der Waals surface area contributed by atoms with Crippen molar-refractivity contribution in [1.82, 2.24) is 15.3 Å². The van der Waals surface area contributed by atoms with E-state index in [-0.39, 0.29) is 24.0 Å². The van der Waals surface area contributed by atoms with Crippen molar-refractivity contribution >= 4 is 29.2 Å². The van der Waals surface area contributed by atoms with Gasteiger partial charge in [-0.05, 0) is 36.7 Å². The predicted octanol–water partition coefficient (Wildman–Crippen LogP) is 2.50. The quantitative estimate of drug-likeness (QED) is 0.619. The highest BCUT2D eigenvalue weighted by molar-refractivity contribution is 7.71. The van der Waals surface area contributed by atoms with Gasteiger partial charge >= 0.3 is 0 Å². The summed E-state index contributed by atoms with van der Waals surface area (Å²) in [6, 6.07) is 2.47. The molecule has 1 aromatic carbocycles. The fourth-order valence-electron chi connectivity index (χ4n) is 2.25. The van der Waals surface area contributed by atoms with Gasteiger partial charge in [0.2, 0.25) is 0 Å². The number of hydrogen-bond acceptors (Lipinski definition) is 3. The van der Waals surface area contributed by atoms with Gasteiger partial charge in [-0.2, -0.15) is 0 Å². The van der Waals surface area contributed by atoms with Crippen LogP contribution >= 0.6 is 12.2 Å². The Morgan fingerprint density at radius 1 is 1.48 bits per heavy atom. The minimum absolute atomic E-state index is 0.0868. The summed E-state index contributed by atoms with van der Waals surface area (Å²) in [7, 11) is 0. The Morgan fingerprint density at radius 2 is 2.24 bits per heavy atom. The van der Waals surface area contributed by atoms with Crippen molar-refractivity contribution in [3.63, 3.8) is 0 Å². The number of rotatable bonds is 6. The third-order valence-corrected chi connectivity index (χ3v) is 3.70. The molecule has 0 fully saturated rings. The maximum absolute atomic E-state index is 13.6. The lowest BCUT2D eigenvalue weighted by atomic mass is 10.0. The zero-order chi connectivity index (χ0) is 15.4. The lowest BCUT2D eigenvalue weighted by Gasteiger charge is -2.14. The van der Waals surface area contributed by atoms with Gasteiger partial charge < -0.3 is 20.4 Å². The second-order valence-electron chi connectivity index (χ2n) is 4.95. The summed E-state index contributed by atoms with van der Waals surface area (Å²) in [5.41, 5.74) is 1.18. The molecular weight excluding hydrogens is 293 g/mol. The van der Waals surface area contributed by atoms with E-state index in [1.165, 1.54) is 12.1 Å². The van der Waals surface area contributed by atoms with Gasteiger partial charge in [0.15, 0.2) is 4.77 Å². The molecule has 5 nitrogen and oxygen atoms in total. The van der Waals surface area contributed by atoms with Gasteiger partial charge in [-0.3, -0.25) is 4.79 Å². The van der Waals surface area contributed by atoms with Crippen LogP contribution in [-0.4, -0.2) is 34.1 Å². The Morgan fingerprint density at radius 3 is 2.90 bits per heavy atom. The smallest absolute Gasteiger partial charge is 0.253 e. The van der Waals surface area contributed by atoms with Gasteiger partial charge in [-0.25, -0.2) is 4.39 Å². The highest BCUT2D eigenvalue weighted by atomic mass is 32.1. The maximum atomic E-state index is 13.6. The molecule has 0 saturated heterocycles. The number of carbonyl (C=O) groups is 1. The van der Waals surface area contributed by atoms with E-state index in [4.69, 9.17) is 17.3 Å². The van der Waals surface area contributed by atoms with E-state index in [1.54, 1.807) is 0 Å². The zero-order valence-corrected chi connectivity index (χ0v) is 12.5. The lowest BCUT2D eigenvalue weighted by Crippen LogP contribution is -2.29. The molecule has 7 heteroatoms. The molecular formula is C14H18FN3O2S. The Balaban J connectivity index is 2.21. The van der Waals surface area contributed by atoms with Crippen LogP contribution in [0.2, 0.25) is 0 Å². The summed E-state index contributed by atoms with van der Waals surface area (Å²) in [4.78, 5) is 17.9. The molecule has 114 valence electrons. The second kappa shape index (κ2) is 6.82. The first-order valence-corrected chi connectivity index (χ1v) is 7.26. The van der Waals surface area contributed by atoms with Crippen LogP contribution in [-0.2, 0) is 0 Å². The summed E-state index contributed by atoms with van der Waals surface area (Å²) < 4.78 is 13.9. The van der Waals surface area contributed by atoms with E-state index >= 15 is 0 Å². The van der Waals surface area contributed by atoms with Crippen LogP contribution in [0.25, 0.3) is 11.0 Å². The van der Waals surface area contributed by atoms with E-state index in [2.05, 4.69) is 15.3 Å². The van der Waals surface area contributed by atoms with Gasteiger partial charge in [0.1, 0.15) is 5.82 Å². The van der Waals surface area contributed by atoms with Crippen molar-refractivity contribution in [3.05, 3.63) is 28.3 Å². The van der Waals surface area contributed by atoms with Crippen LogP contribution in [0.4, 0.5) is 4.39 Å². The number of aliphatic hydroxyl groups excluding tert-OH is 1. The number of H-pyrrole nitrogens is 2. The number of imidazole rings is 1. The van der Waals surface area contributed by atoms with Gasteiger partial charge in [-0.1, -0.05) is 13.3 Å². The minimum atomic E-state index is -0.500. The highest BCUT2D eigenvalue weighted by Gasteiger charge is 2.15. The Bertz CT molecular complexity index is 695. The fraction of sp³-hybridized carbons (Fsp3) is 0.429. The molecule has 0 radical (unpaired) electrons. The van der Waals surface area contributed by atoms with Crippen molar-refractivity contribution in [3.8, 4) is 0 Å². The molecule has 2 aromatic rings. The first kappa shape index (κ1) is 15.7. The van der Waals surface area contributed by atoms with Crippen LogP contribution in [0, 0.1) is 16.5 Å². The van der Waals surface area contributed by atoms with E-state index in [1.807, 2.05) is 6.92 Å². The molecule has 2 rings (SSSR count). The zero-order valence-electron chi connectivity index (χ0n) is 11.7. The molecule has 1 heterocycles. The molecule has 0 bridgehead atoms. The topological polar surface area (TPSA) is 80.9 Å². The SMILES string of the molecule is CCC(CCO)CNC(=O)c1cc(F)cc2[nH]c(=S)[nH]c12. The number of aromatic amines is 2. The van der Waals surface area contributed by atoms with E-state index in [0.29, 0.717) is 28.8 Å². The summed E-state index contributed by atoms with van der Waals surface area (Å²) in [6.45, 7) is 2.53. The van der Waals surface area contributed by atoms with Gasteiger partial charge in [0.25, 0.3) is 5.91 Å². The number of amides is 1. The van der Waals surface area contributed by atoms with E-state index in [9.17, 15) is 9.18 Å². The molecule has 1 atom stereocenters. The number of hydrogen-bond donors (Lipinski definition) is 4. The van der Waals surface area contributed by atoms with Gasteiger partial charge in [-0.15, -0.1) is 0 Å². The predicted molar refractivity (Wildman–Crippen MR) is 81.3 cm³/mol. The molecule has 1 unspecified atom stereocenters. The molecule has 4 N–H and O–H groups in total. The van der Waals surface area contributed by atoms with Crippen molar-refractivity contribution in [2.75, 3.05) is 13.2 Å². The van der Waals surface area contributed by atoms with Crippen LogP contribution in [0.1, 0.15) is 30.1 Å². The van der Waals surface area contributed by atoms with Crippen LogP contribution < -0.4 is 5.32 Å². The fourth-order valence-corrected chi connectivity index (χ4v) is 2.46. The molecule has 0 aliphatic heterocycles. The number of halogens is 1. The number of benzene rings is 1. The largest absolute Gasteiger partial charge is 0.396 e. The van der Waals surface area contributed by atoms with Gasteiger partial charge in [0, 0.05) is 13.2 Å². The van der Waals surface area contributed by atoms with Crippen LogP contribution in [0.5, 0.6) is 0 Å². The van der Waals surface area contributed by atoms with Crippen molar-refractivity contribution < 1.29 is 14.3 Å². The second-order valence-corrected chi connectivity index (χ2v) is 5.36. The van der Waals surface area contributed by atoms with Crippen molar-refractivity contribution in [2.45, 2.75) is 19.8 Å². The number of nitrogens with one attached hydrogen (secondary N) is 3. The van der Waals surface area contributed by atoms with Crippen molar-refractivity contribution in [2.24, 2.45) is 5.92 Å². The molecule has 0 aliphatic carbocycles. The summed E-state index contributed by atoms with van der Waals surface area (Å²) in [5.74, 6) is -0.658. The standard InChI is InChI=1S/C14H18FN3O2S/c1-2-8(3-4-19)7-16-13(20)10-5-9(15)6-11-12(10)18-14(21)17-11/h5-6,8,19H,2-4,7H2,1H3,(H,16,20)(H2,17,18,21). The number of carbonyl (C=O) groups excluding carboxylic acids is 1. The highest BCUT2D eigenvalue weighted by Crippen LogP contribution is 2.18. The Labute approximate surface area is 126 Å². The third kappa shape index (κ3) is 3.68. The molecule has 1 amide bonds. The van der Waals surface area contributed by atoms with E-state index < -0.39 is 5.82 Å². The van der Waals surface area contributed by atoms with Crippen LogP contribution in [0.15, 0.2) is 12.1 Å². The first-order chi connectivity index (χ1) is 10.0. The Kier molecular flexibility index (Phi) is 5.08. The Hall–Kier alpha value is -1.73. The normalized spacial score (nSPS) is 12.5. The summed E-state index contributed by atoms with van der Waals surface area (Å²) >= 11 is 4.97. The molecule has 0 spiro atoms. The number of aromatic nitrogens is 2. The third-order valence-electron chi connectivity index (χ3n) is 3.50. The molecule has 21 heavy (non-hydrogen) atoms. The lowest BCUT2D eigenvalue weighted by molar-refractivity contribution is 0.0944. The maximum Gasteiger partial charge on any atom is 0.253 e. The van der Waals surface area contributed by atoms with Crippen molar-refractivity contribution in [1.29, 1.82) is 0 Å². The summed E-state index contributed by atoms with van der Waals surface area (Å²) in [6.07, 6.45) is 1.48. The number of aliphatic hydroxyl groups is 1. The molecule has 0 aliphatic rings. The van der Waals surface area contributed by atoms with Gasteiger partial charge in [0.05, 0.1) is 16.6 Å². The monoisotopic (exact) mass is 311 g/mol.